The minimum Gasteiger partial charge on any atom is -0.480 e. The van der Waals surface area contributed by atoms with Crippen molar-refractivity contribution < 1.29 is 9.53 Å². The number of nitrogens with zero attached hydrogens (tertiary/aromatic N) is 2. The van der Waals surface area contributed by atoms with E-state index in [0.29, 0.717) is 6.54 Å². The summed E-state index contributed by atoms with van der Waals surface area (Å²) in [6, 6.07) is 15.8. The molecule has 5 nitrogen and oxygen atoms in total. The molecule has 0 fully saturated rings. The number of hydrogen-bond acceptors (Lipinski definition) is 3. The molecule has 1 aromatic heterocycles. The van der Waals surface area contributed by atoms with E-state index < -0.39 is 0 Å². The number of carbonyl (C=O) groups excluding carboxylic acids is 1. The van der Waals surface area contributed by atoms with Gasteiger partial charge < -0.3 is 10.1 Å². The van der Waals surface area contributed by atoms with Crippen LogP contribution in [-0.2, 0) is 11.3 Å². The smallest absolute Gasteiger partial charge is 0.242 e. The molecule has 120 valence electrons. The number of hydrogen-bond donors (Lipinski definition) is 1. The van der Waals surface area contributed by atoms with Gasteiger partial charge in [0.15, 0.2) is 0 Å². The van der Waals surface area contributed by atoms with Gasteiger partial charge in [-0.15, -0.1) is 0 Å². The van der Waals surface area contributed by atoms with Gasteiger partial charge in [0.2, 0.25) is 5.91 Å². The van der Waals surface area contributed by atoms with Gasteiger partial charge in [0.1, 0.15) is 18.9 Å². The lowest BCUT2D eigenvalue weighted by Crippen LogP contribution is -2.28. The molecule has 0 radical (unpaired) electrons. The van der Waals surface area contributed by atoms with Crippen LogP contribution in [0.25, 0.3) is 10.8 Å². The minimum absolute atomic E-state index is 0.122. The Morgan fingerprint density at radius 2 is 2.00 bits per heavy atom. The van der Waals surface area contributed by atoms with Gasteiger partial charge in [0.25, 0.3) is 0 Å². The van der Waals surface area contributed by atoms with Crippen molar-refractivity contribution in [3.63, 3.8) is 0 Å². The van der Waals surface area contributed by atoms with Crippen LogP contribution in [0.1, 0.15) is 0 Å². The van der Waals surface area contributed by atoms with Crippen LogP contribution in [0.3, 0.4) is 0 Å². The van der Waals surface area contributed by atoms with Crippen molar-refractivity contribution in [1.82, 2.24) is 15.1 Å². The molecule has 2 aromatic carbocycles. The van der Waals surface area contributed by atoms with E-state index in [1.54, 1.807) is 23.1 Å². The van der Waals surface area contributed by atoms with Crippen LogP contribution in [0.5, 0.6) is 5.75 Å². The van der Waals surface area contributed by atoms with Gasteiger partial charge >= 0.3 is 0 Å². The zero-order chi connectivity index (χ0) is 16.6. The molecule has 1 N–H and O–H groups in total. The predicted molar refractivity (Wildman–Crippen MR) is 92.5 cm³/mol. The average Bonchev–Trinajstić information content (AvgIpc) is 3.11. The summed E-state index contributed by atoms with van der Waals surface area (Å²) in [5.74, 6) is 6.47. The first kappa shape index (κ1) is 15.6. The Hall–Kier alpha value is -3.26. The monoisotopic (exact) mass is 319 g/mol. The predicted octanol–water partition coefficient (Wildman–Crippen LogP) is 2.23. The van der Waals surface area contributed by atoms with Crippen LogP contribution >= 0.6 is 0 Å². The molecule has 5 heteroatoms. The molecular weight excluding hydrogens is 302 g/mol. The number of rotatable bonds is 5. The third-order valence-corrected chi connectivity index (χ3v) is 3.41. The quantitative estimate of drug-likeness (QED) is 0.734. The highest BCUT2D eigenvalue weighted by atomic mass is 16.5. The molecule has 0 saturated heterocycles. The molecular formula is C19H17N3O2. The summed E-state index contributed by atoms with van der Waals surface area (Å²) in [6.07, 6.45) is 3.38. The first-order chi connectivity index (χ1) is 11.8. The van der Waals surface area contributed by atoms with Crippen molar-refractivity contribution in [1.29, 1.82) is 0 Å². The highest BCUT2D eigenvalue weighted by molar-refractivity contribution is 5.88. The van der Waals surface area contributed by atoms with E-state index in [2.05, 4.69) is 22.3 Å². The van der Waals surface area contributed by atoms with E-state index >= 15 is 0 Å². The van der Waals surface area contributed by atoms with Crippen molar-refractivity contribution in [2.24, 2.45) is 0 Å². The molecule has 0 aliphatic rings. The SMILES string of the molecule is O=C(Cn1cccn1)NCC#CCOc1cccc2ccccc12. The lowest BCUT2D eigenvalue weighted by atomic mass is 10.1. The first-order valence-corrected chi connectivity index (χ1v) is 7.63. The van der Waals surface area contributed by atoms with Crippen LogP contribution in [0.4, 0.5) is 0 Å². The molecule has 0 atom stereocenters. The Morgan fingerprint density at radius 3 is 2.88 bits per heavy atom. The third-order valence-electron chi connectivity index (χ3n) is 3.41. The van der Waals surface area contributed by atoms with Crippen LogP contribution in [0, 0.1) is 11.8 Å². The lowest BCUT2D eigenvalue weighted by Gasteiger charge is -2.06. The summed E-state index contributed by atoms with van der Waals surface area (Å²) < 4.78 is 7.27. The number of amides is 1. The van der Waals surface area contributed by atoms with Crippen LogP contribution in [0.15, 0.2) is 60.9 Å². The fourth-order valence-electron chi connectivity index (χ4n) is 2.29. The maximum atomic E-state index is 11.6. The molecule has 0 aliphatic heterocycles. The maximum Gasteiger partial charge on any atom is 0.242 e. The highest BCUT2D eigenvalue weighted by Gasteiger charge is 2.01. The fourth-order valence-corrected chi connectivity index (χ4v) is 2.29. The lowest BCUT2D eigenvalue weighted by molar-refractivity contribution is -0.121. The maximum absolute atomic E-state index is 11.6. The summed E-state index contributed by atoms with van der Waals surface area (Å²) in [5, 5.41) is 8.89. The Labute approximate surface area is 140 Å². The van der Waals surface area contributed by atoms with Crippen molar-refractivity contribution >= 4 is 16.7 Å². The third kappa shape index (κ3) is 4.14. The molecule has 1 heterocycles. The van der Waals surface area contributed by atoms with Crippen molar-refractivity contribution in [3.05, 3.63) is 60.9 Å². The average molecular weight is 319 g/mol. The normalized spacial score (nSPS) is 10.0. The summed E-state index contributed by atoms with van der Waals surface area (Å²) in [5.41, 5.74) is 0. The van der Waals surface area contributed by atoms with E-state index in [1.165, 1.54) is 0 Å². The molecule has 3 rings (SSSR count). The second-order valence-electron chi connectivity index (χ2n) is 5.10. The van der Waals surface area contributed by atoms with Crippen LogP contribution < -0.4 is 10.1 Å². The summed E-state index contributed by atoms with van der Waals surface area (Å²) in [4.78, 5) is 11.6. The van der Waals surface area contributed by atoms with E-state index in [-0.39, 0.29) is 19.1 Å². The van der Waals surface area contributed by atoms with E-state index in [0.717, 1.165) is 16.5 Å². The highest BCUT2D eigenvalue weighted by Crippen LogP contribution is 2.24. The number of aromatic nitrogens is 2. The molecule has 0 unspecified atom stereocenters. The largest absolute Gasteiger partial charge is 0.480 e. The molecule has 3 aromatic rings. The Balaban J connectivity index is 1.45. The number of carbonyl (C=O) groups is 1. The summed E-state index contributed by atoms with van der Waals surface area (Å²) in [6.45, 7) is 0.767. The number of benzene rings is 2. The molecule has 24 heavy (non-hydrogen) atoms. The first-order valence-electron chi connectivity index (χ1n) is 7.63. The Morgan fingerprint density at radius 1 is 1.12 bits per heavy atom. The van der Waals surface area contributed by atoms with Crippen molar-refractivity contribution in [2.75, 3.05) is 13.2 Å². The molecule has 1 amide bonds. The topological polar surface area (TPSA) is 56.2 Å². The van der Waals surface area contributed by atoms with Crippen molar-refractivity contribution in [3.8, 4) is 17.6 Å². The number of nitrogens with one attached hydrogen (secondary N) is 1. The van der Waals surface area contributed by atoms with Gasteiger partial charge in [-0.05, 0) is 17.5 Å². The van der Waals surface area contributed by atoms with E-state index in [1.807, 2.05) is 42.5 Å². The molecule has 0 aliphatic carbocycles. The minimum atomic E-state index is -0.122. The van der Waals surface area contributed by atoms with Gasteiger partial charge in [-0.1, -0.05) is 48.2 Å². The van der Waals surface area contributed by atoms with Gasteiger partial charge in [-0.2, -0.15) is 5.10 Å². The number of ether oxygens (including phenoxy) is 1. The van der Waals surface area contributed by atoms with Crippen molar-refractivity contribution in [2.45, 2.75) is 6.54 Å². The summed E-state index contributed by atoms with van der Waals surface area (Å²) >= 11 is 0. The van der Waals surface area contributed by atoms with Gasteiger partial charge in [0, 0.05) is 17.8 Å². The standard InChI is InChI=1S/C19H17N3O2/c23-19(15-22-13-6-12-21-22)20-11-3-4-14-24-18-10-5-8-16-7-1-2-9-17(16)18/h1-2,5-10,12-13H,11,14-15H2,(H,20,23). The van der Waals surface area contributed by atoms with E-state index in [4.69, 9.17) is 4.74 Å². The molecule has 0 bridgehead atoms. The van der Waals surface area contributed by atoms with Crippen LogP contribution in [-0.4, -0.2) is 28.8 Å². The Kier molecular flexibility index (Phi) is 5.10. The van der Waals surface area contributed by atoms with E-state index in [9.17, 15) is 4.79 Å². The van der Waals surface area contributed by atoms with Gasteiger partial charge in [-0.25, -0.2) is 0 Å². The van der Waals surface area contributed by atoms with Gasteiger partial charge in [-0.3, -0.25) is 9.48 Å². The number of fused-ring (bicyclic) bond motifs is 1. The Bertz CT molecular complexity index is 871. The second kappa shape index (κ2) is 7.84. The molecule has 0 saturated carbocycles. The molecule has 0 spiro atoms. The second-order valence-corrected chi connectivity index (χ2v) is 5.10. The summed E-state index contributed by atoms with van der Waals surface area (Å²) in [7, 11) is 0. The van der Waals surface area contributed by atoms with Crippen LogP contribution in [0.2, 0.25) is 0 Å². The van der Waals surface area contributed by atoms with Gasteiger partial charge in [0.05, 0.1) is 6.54 Å². The fraction of sp³-hybridized carbons (Fsp3) is 0.158. The zero-order valence-electron chi connectivity index (χ0n) is 13.1. The zero-order valence-corrected chi connectivity index (χ0v) is 13.1.